The van der Waals surface area contributed by atoms with Crippen LogP contribution >= 0.6 is 0 Å². The topological polar surface area (TPSA) is 67.1 Å². The van der Waals surface area contributed by atoms with Gasteiger partial charge in [0.2, 0.25) is 0 Å². The number of hydrazine groups is 1. The number of nitrogen functional groups attached to an aromatic ring is 1. The van der Waals surface area contributed by atoms with Crippen LogP contribution in [0.4, 0.5) is 11.5 Å². The Labute approximate surface area is 125 Å². The second kappa shape index (κ2) is 5.33. The van der Waals surface area contributed by atoms with Gasteiger partial charge in [-0.1, -0.05) is 0 Å². The van der Waals surface area contributed by atoms with E-state index in [1.807, 2.05) is 13.8 Å². The van der Waals surface area contributed by atoms with E-state index in [9.17, 15) is 0 Å². The maximum Gasteiger partial charge on any atom is 0.161 e. The second-order valence-electron chi connectivity index (χ2n) is 5.62. The molecule has 0 spiro atoms. The van der Waals surface area contributed by atoms with Crippen LogP contribution in [0.3, 0.4) is 0 Å². The molecule has 1 aromatic heterocycles. The van der Waals surface area contributed by atoms with Crippen molar-refractivity contribution in [1.29, 1.82) is 0 Å². The number of rotatable bonds is 2. The molecule has 3 rings (SSSR count). The van der Waals surface area contributed by atoms with E-state index >= 15 is 0 Å². The highest BCUT2D eigenvalue weighted by atomic mass is 15.3. The van der Waals surface area contributed by atoms with E-state index in [1.54, 1.807) is 0 Å². The first-order valence-electron chi connectivity index (χ1n) is 7.26. The Kier molecular flexibility index (Phi) is 3.51. The monoisotopic (exact) mass is 283 g/mol. The molecule has 0 amide bonds. The van der Waals surface area contributed by atoms with Crippen molar-refractivity contribution in [2.45, 2.75) is 26.7 Å². The standard InChI is InChI=1S/C16H21N5/c1-10-11(2)18-16(19-15(10)20-17)13-6-7-14-12(9-13)5-4-8-21(14)3/h6-7,9H,4-5,8,17H2,1-3H3,(H,18,19,20). The van der Waals surface area contributed by atoms with Crippen LogP contribution in [0.2, 0.25) is 0 Å². The first-order valence-corrected chi connectivity index (χ1v) is 7.26. The van der Waals surface area contributed by atoms with Crippen LogP contribution < -0.4 is 16.2 Å². The molecule has 5 nitrogen and oxygen atoms in total. The number of hydrogen-bond donors (Lipinski definition) is 2. The molecule has 5 heteroatoms. The molecule has 0 aliphatic carbocycles. The van der Waals surface area contributed by atoms with Gasteiger partial charge >= 0.3 is 0 Å². The van der Waals surface area contributed by atoms with Gasteiger partial charge in [0, 0.05) is 36.1 Å². The van der Waals surface area contributed by atoms with Crippen molar-refractivity contribution >= 4 is 11.5 Å². The maximum absolute atomic E-state index is 5.55. The second-order valence-corrected chi connectivity index (χ2v) is 5.62. The number of nitrogens with zero attached hydrogens (tertiary/aromatic N) is 3. The zero-order valence-corrected chi connectivity index (χ0v) is 12.8. The lowest BCUT2D eigenvalue weighted by molar-refractivity contribution is 0.744. The molecule has 1 aromatic carbocycles. The Bertz CT molecular complexity index is 681. The molecule has 2 heterocycles. The van der Waals surface area contributed by atoms with Gasteiger partial charge in [0.05, 0.1) is 0 Å². The molecular formula is C16H21N5. The summed E-state index contributed by atoms with van der Waals surface area (Å²) in [5, 5.41) is 0. The molecule has 3 N–H and O–H groups in total. The van der Waals surface area contributed by atoms with Crippen LogP contribution in [0.15, 0.2) is 18.2 Å². The highest BCUT2D eigenvalue weighted by molar-refractivity contribution is 5.67. The number of nitrogens with two attached hydrogens (primary N) is 1. The molecule has 0 saturated heterocycles. The Morgan fingerprint density at radius 1 is 1.24 bits per heavy atom. The lowest BCUT2D eigenvalue weighted by Crippen LogP contribution is -2.24. The van der Waals surface area contributed by atoms with Crippen molar-refractivity contribution in [3.05, 3.63) is 35.0 Å². The zero-order valence-electron chi connectivity index (χ0n) is 12.8. The van der Waals surface area contributed by atoms with Crippen molar-refractivity contribution < 1.29 is 0 Å². The summed E-state index contributed by atoms with van der Waals surface area (Å²) in [5.41, 5.74) is 8.31. The molecule has 0 unspecified atom stereocenters. The largest absolute Gasteiger partial charge is 0.374 e. The van der Waals surface area contributed by atoms with Gasteiger partial charge in [-0.2, -0.15) is 0 Å². The highest BCUT2D eigenvalue weighted by Gasteiger charge is 2.16. The van der Waals surface area contributed by atoms with Crippen LogP contribution in [0.25, 0.3) is 11.4 Å². The molecule has 21 heavy (non-hydrogen) atoms. The molecular weight excluding hydrogens is 262 g/mol. The van der Waals surface area contributed by atoms with Gasteiger partial charge in [-0.3, -0.25) is 0 Å². The number of nitrogens with one attached hydrogen (secondary N) is 1. The predicted molar refractivity (Wildman–Crippen MR) is 86.3 cm³/mol. The maximum atomic E-state index is 5.55. The van der Waals surface area contributed by atoms with Gasteiger partial charge in [-0.15, -0.1) is 0 Å². The fraction of sp³-hybridized carbons (Fsp3) is 0.375. The lowest BCUT2D eigenvalue weighted by Gasteiger charge is -2.27. The van der Waals surface area contributed by atoms with Crippen molar-refractivity contribution in [1.82, 2.24) is 9.97 Å². The molecule has 0 saturated carbocycles. The predicted octanol–water partition coefficient (Wildman–Crippen LogP) is 2.43. The zero-order chi connectivity index (χ0) is 15.0. The van der Waals surface area contributed by atoms with Crippen LogP contribution in [0.1, 0.15) is 23.2 Å². The number of fused-ring (bicyclic) bond motifs is 1. The van der Waals surface area contributed by atoms with E-state index in [2.05, 4.69) is 45.5 Å². The third-order valence-electron chi connectivity index (χ3n) is 4.21. The van der Waals surface area contributed by atoms with Gasteiger partial charge in [0.25, 0.3) is 0 Å². The lowest BCUT2D eigenvalue weighted by atomic mass is 9.99. The molecule has 0 fully saturated rings. The SMILES string of the molecule is Cc1nc(-c2ccc3c(c2)CCCN3C)nc(NN)c1C. The number of aromatic nitrogens is 2. The van der Waals surface area contributed by atoms with Gasteiger partial charge in [0.15, 0.2) is 5.82 Å². The molecule has 0 bridgehead atoms. The summed E-state index contributed by atoms with van der Waals surface area (Å²) in [6.45, 7) is 5.07. The fourth-order valence-corrected chi connectivity index (χ4v) is 2.82. The quantitative estimate of drug-likeness (QED) is 0.654. The number of benzene rings is 1. The summed E-state index contributed by atoms with van der Waals surface area (Å²) >= 11 is 0. The summed E-state index contributed by atoms with van der Waals surface area (Å²) in [4.78, 5) is 11.4. The molecule has 0 radical (unpaired) electrons. The van der Waals surface area contributed by atoms with Gasteiger partial charge in [-0.25, -0.2) is 15.8 Å². The Balaban J connectivity index is 2.07. The summed E-state index contributed by atoms with van der Waals surface area (Å²) < 4.78 is 0. The Hall–Kier alpha value is -2.14. The summed E-state index contributed by atoms with van der Waals surface area (Å²) in [7, 11) is 2.14. The van der Waals surface area contributed by atoms with Crippen LogP contribution in [0.5, 0.6) is 0 Å². The van der Waals surface area contributed by atoms with Crippen LogP contribution in [-0.4, -0.2) is 23.6 Å². The number of anilines is 2. The minimum absolute atomic E-state index is 0.687. The molecule has 0 atom stereocenters. The van der Waals surface area contributed by atoms with Crippen molar-refractivity contribution in [2.75, 3.05) is 23.9 Å². The third kappa shape index (κ3) is 2.45. The van der Waals surface area contributed by atoms with Gasteiger partial charge in [-0.05, 0) is 50.5 Å². The van der Waals surface area contributed by atoms with Gasteiger partial charge in [0.1, 0.15) is 5.82 Å². The van der Waals surface area contributed by atoms with E-state index in [-0.39, 0.29) is 0 Å². The number of hydrogen-bond acceptors (Lipinski definition) is 5. The first-order chi connectivity index (χ1) is 10.1. The number of aryl methyl sites for hydroxylation is 2. The molecule has 110 valence electrons. The summed E-state index contributed by atoms with van der Waals surface area (Å²) in [6, 6.07) is 6.46. The average molecular weight is 283 g/mol. The van der Waals surface area contributed by atoms with E-state index in [0.717, 1.165) is 35.6 Å². The van der Waals surface area contributed by atoms with Gasteiger partial charge < -0.3 is 10.3 Å². The third-order valence-corrected chi connectivity index (χ3v) is 4.21. The summed E-state index contributed by atoms with van der Waals surface area (Å²) in [6.07, 6.45) is 2.30. The van der Waals surface area contributed by atoms with Crippen molar-refractivity contribution in [3.63, 3.8) is 0 Å². The van der Waals surface area contributed by atoms with E-state index < -0.39 is 0 Å². The first kappa shape index (κ1) is 13.8. The van der Waals surface area contributed by atoms with E-state index in [0.29, 0.717) is 5.82 Å². The normalized spacial score (nSPS) is 14.0. The van der Waals surface area contributed by atoms with Crippen molar-refractivity contribution in [2.24, 2.45) is 5.84 Å². The molecule has 2 aromatic rings. The van der Waals surface area contributed by atoms with Crippen LogP contribution in [0, 0.1) is 13.8 Å². The summed E-state index contributed by atoms with van der Waals surface area (Å²) in [5.74, 6) is 6.96. The minimum Gasteiger partial charge on any atom is -0.374 e. The fourth-order valence-electron chi connectivity index (χ4n) is 2.82. The Morgan fingerprint density at radius 2 is 2.05 bits per heavy atom. The molecule has 1 aliphatic heterocycles. The van der Waals surface area contributed by atoms with Crippen LogP contribution in [-0.2, 0) is 6.42 Å². The minimum atomic E-state index is 0.687. The highest BCUT2D eigenvalue weighted by Crippen LogP contribution is 2.30. The Morgan fingerprint density at radius 3 is 2.81 bits per heavy atom. The smallest absolute Gasteiger partial charge is 0.161 e. The van der Waals surface area contributed by atoms with E-state index in [1.165, 1.54) is 17.7 Å². The average Bonchev–Trinajstić information content (AvgIpc) is 2.50. The molecule has 1 aliphatic rings. The van der Waals surface area contributed by atoms with Crippen molar-refractivity contribution in [3.8, 4) is 11.4 Å². The van der Waals surface area contributed by atoms with E-state index in [4.69, 9.17) is 5.84 Å².